The van der Waals surface area contributed by atoms with Gasteiger partial charge in [-0.15, -0.1) is 0 Å². The summed E-state index contributed by atoms with van der Waals surface area (Å²) in [5.74, 6) is -1.46. The quantitative estimate of drug-likeness (QED) is 0.719. The predicted molar refractivity (Wildman–Crippen MR) is 50.8 cm³/mol. The summed E-state index contributed by atoms with van der Waals surface area (Å²) in [5.41, 5.74) is 5.26. The number of phenolic OH excluding ortho intramolecular Hbond substituents is 1. The van der Waals surface area contributed by atoms with E-state index in [9.17, 15) is 14.3 Å². The summed E-state index contributed by atoms with van der Waals surface area (Å²) in [6.07, 6.45) is 0.0356. The number of benzene rings is 1. The minimum absolute atomic E-state index is 0.0356. The Bertz CT molecular complexity index is 363. The molecule has 0 amide bonds. The van der Waals surface area contributed by atoms with Crippen LogP contribution in [0.15, 0.2) is 12.1 Å². The molecule has 3 N–H and O–H groups in total. The number of Topliss-reactive ketones (excluding diaryl/α,β-unsaturated/α-hetero) is 1. The lowest BCUT2D eigenvalue weighted by Gasteiger charge is -2.06. The number of carbonyl (C=O) groups is 1. The van der Waals surface area contributed by atoms with Gasteiger partial charge in [0, 0.05) is 6.42 Å². The van der Waals surface area contributed by atoms with E-state index in [1.165, 1.54) is 19.1 Å². The highest BCUT2D eigenvalue weighted by molar-refractivity contribution is 5.99. The normalized spacial score (nSPS) is 10.2. The number of carbonyl (C=O) groups excluding carboxylic acids is 1. The van der Waals surface area contributed by atoms with Crippen LogP contribution in [0.5, 0.6) is 5.75 Å². The molecule has 0 fully saturated rings. The van der Waals surface area contributed by atoms with Crippen molar-refractivity contribution in [1.29, 1.82) is 0 Å². The Labute approximate surface area is 81.4 Å². The second kappa shape index (κ2) is 4.19. The van der Waals surface area contributed by atoms with Crippen LogP contribution >= 0.6 is 0 Å². The smallest absolute Gasteiger partial charge is 0.170 e. The average molecular weight is 197 g/mol. The van der Waals surface area contributed by atoms with Gasteiger partial charge >= 0.3 is 0 Å². The van der Waals surface area contributed by atoms with E-state index >= 15 is 0 Å². The highest BCUT2D eigenvalue weighted by atomic mass is 19.1. The van der Waals surface area contributed by atoms with Crippen molar-refractivity contribution in [2.45, 2.75) is 13.3 Å². The lowest BCUT2D eigenvalue weighted by Crippen LogP contribution is -2.10. The molecule has 0 bridgehead atoms. The molecule has 14 heavy (non-hydrogen) atoms. The van der Waals surface area contributed by atoms with Gasteiger partial charge in [-0.2, -0.15) is 0 Å². The Kier molecular flexibility index (Phi) is 3.19. The van der Waals surface area contributed by atoms with E-state index in [4.69, 9.17) is 5.73 Å². The van der Waals surface area contributed by atoms with Crippen LogP contribution in [0.3, 0.4) is 0 Å². The third kappa shape index (κ3) is 1.90. The minimum Gasteiger partial charge on any atom is -0.507 e. The summed E-state index contributed by atoms with van der Waals surface area (Å²) in [4.78, 5) is 11.4. The van der Waals surface area contributed by atoms with Crippen LogP contribution in [0.25, 0.3) is 0 Å². The molecule has 0 saturated heterocycles. The highest BCUT2D eigenvalue weighted by Crippen LogP contribution is 2.23. The van der Waals surface area contributed by atoms with Gasteiger partial charge in [-0.1, -0.05) is 6.07 Å². The van der Waals surface area contributed by atoms with E-state index in [-0.39, 0.29) is 24.3 Å². The molecule has 0 saturated carbocycles. The van der Waals surface area contributed by atoms with E-state index in [1.807, 2.05) is 0 Å². The SMILES string of the molecule is Cc1ccc(O)c(C(=O)CCN)c1F. The van der Waals surface area contributed by atoms with Gasteiger partial charge in [-0.3, -0.25) is 4.79 Å². The molecule has 0 spiro atoms. The number of rotatable bonds is 3. The Morgan fingerprint density at radius 2 is 2.21 bits per heavy atom. The molecule has 0 heterocycles. The van der Waals surface area contributed by atoms with E-state index in [0.29, 0.717) is 5.56 Å². The number of ketones is 1. The van der Waals surface area contributed by atoms with Crippen molar-refractivity contribution in [2.75, 3.05) is 6.54 Å². The first-order chi connectivity index (χ1) is 6.57. The molecule has 0 atom stereocenters. The fourth-order valence-corrected chi connectivity index (χ4v) is 1.19. The summed E-state index contributed by atoms with van der Waals surface area (Å²) in [5, 5.41) is 9.31. The van der Waals surface area contributed by atoms with E-state index in [0.717, 1.165) is 0 Å². The number of halogens is 1. The zero-order valence-electron chi connectivity index (χ0n) is 7.88. The molecule has 3 nitrogen and oxygen atoms in total. The van der Waals surface area contributed by atoms with Crippen LogP contribution in [0.1, 0.15) is 22.3 Å². The number of hydrogen-bond donors (Lipinski definition) is 2. The van der Waals surface area contributed by atoms with Crippen LogP contribution in [0.4, 0.5) is 4.39 Å². The van der Waals surface area contributed by atoms with Gasteiger partial charge in [0.1, 0.15) is 11.6 Å². The molecular formula is C10H12FNO2. The molecule has 0 radical (unpaired) electrons. The van der Waals surface area contributed by atoms with Crippen molar-refractivity contribution in [2.24, 2.45) is 5.73 Å². The molecule has 0 aliphatic rings. The van der Waals surface area contributed by atoms with Crippen LogP contribution in [-0.2, 0) is 0 Å². The van der Waals surface area contributed by atoms with Crippen molar-refractivity contribution in [3.8, 4) is 5.75 Å². The molecule has 0 aromatic heterocycles. The first kappa shape index (κ1) is 10.7. The molecule has 1 aromatic carbocycles. The van der Waals surface area contributed by atoms with Gasteiger partial charge in [0.25, 0.3) is 0 Å². The largest absolute Gasteiger partial charge is 0.507 e. The van der Waals surface area contributed by atoms with E-state index < -0.39 is 11.6 Å². The number of aryl methyl sites for hydroxylation is 1. The fourth-order valence-electron chi connectivity index (χ4n) is 1.19. The lowest BCUT2D eigenvalue weighted by atomic mass is 10.0. The number of phenols is 1. The van der Waals surface area contributed by atoms with Crippen molar-refractivity contribution in [3.05, 3.63) is 29.1 Å². The number of nitrogens with two attached hydrogens (primary N) is 1. The standard InChI is InChI=1S/C10H12FNO2/c1-6-2-3-7(13)9(10(6)11)8(14)4-5-12/h2-3,13H,4-5,12H2,1H3. The highest BCUT2D eigenvalue weighted by Gasteiger charge is 2.17. The summed E-state index contributed by atoms with van der Waals surface area (Å²) in [7, 11) is 0. The van der Waals surface area contributed by atoms with Gasteiger partial charge in [0.15, 0.2) is 5.78 Å². The van der Waals surface area contributed by atoms with Gasteiger partial charge in [0.05, 0.1) is 5.56 Å². The van der Waals surface area contributed by atoms with E-state index in [2.05, 4.69) is 0 Å². The molecule has 0 aliphatic carbocycles. The van der Waals surface area contributed by atoms with Crippen LogP contribution in [-0.4, -0.2) is 17.4 Å². The van der Waals surface area contributed by atoms with E-state index in [1.54, 1.807) is 0 Å². The van der Waals surface area contributed by atoms with Crippen LogP contribution in [0, 0.1) is 12.7 Å². The monoisotopic (exact) mass is 197 g/mol. The first-order valence-corrected chi connectivity index (χ1v) is 4.29. The maximum Gasteiger partial charge on any atom is 0.170 e. The van der Waals surface area contributed by atoms with Crippen molar-refractivity contribution in [3.63, 3.8) is 0 Å². The second-order valence-corrected chi connectivity index (χ2v) is 3.05. The predicted octanol–water partition coefficient (Wildman–Crippen LogP) is 1.37. The lowest BCUT2D eigenvalue weighted by molar-refractivity contribution is 0.0978. The molecule has 1 rings (SSSR count). The average Bonchev–Trinajstić information content (AvgIpc) is 2.13. The van der Waals surface area contributed by atoms with Crippen molar-refractivity contribution >= 4 is 5.78 Å². The minimum atomic E-state index is -0.663. The van der Waals surface area contributed by atoms with Crippen LogP contribution < -0.4 is 5.73 Å². The third-order valence-corrected chi connectivity index (χ3v) is 1.96. The summed E-state index contributed by atoms with van der Waals surface area (Å²) in [6.45, 7) is 1.68. The molecule has 4 heteroatoms. The van der Waals surface area contributed by atoms with Gasteiger partial charge in [-0.25, -0.2) is 4.39 Å². The van der Waals surface area contributed by atoms with Crippen molar-refractivity contribution < 1.29 is 14.3 Å². The molecule has 76 valence electrons. The maximum atomic E-state index is 13.4. The van der Waals surface area contributed by atoms with Crippen LogP contribution in [0.2, 0.25) is 0 Å². The van der Waals surface area contributed by atoms with Gasteiger partial charge < -0.3 is 10.8 Å². The Morgan fingerprint density at radius 1 is 1.57 bits per heavy atom. The first-order valence-electron chi connectivity index (χ1n) is 4.29. The molecular weight excluding hydrogens is 185 g/mol. The molecule has 1 aromatic rings. The maximum absolute atomic E-state index is 13.4. The summed E-state index contributed by atoms with van der Waals surface area (Å²) >= 11 is 0. The summed E-state index contributed by atoms with van der Waals surface area (Å²) in [6, 6.07) is 2.73. The van der Waals surface area contributed by atoms with Gasteiger partial charge in [0.2, 0.25) is 0 Å². The fraction of sp³-hybridized carbons (Fsp3) is 0.300. The Balaban J connectivity index is 3.18. The molecule has 0 aliphatic heterocycles. The van der Waals surface area contributed by atoms with Gasteiger partial charge in [-0.05, 0) is 25.1 Å². The zero-order chi connectivity index (χ0) is 10.7. The second-order valence-electron chi connectivity index (χ2n) is 3.05. The number of hydrogen-bond acceptors (Lipinski definition) is 3. The zero-order valence-corrected chi connectivity index (χ0v) is 7.88. The number of aromatic hydroxyl groups is 1. The Hall–Kier alpha value is -1.42. The topological polar surface area (TPSA) is 63.3 Å². The Morgan fingerprint density at radius 3 is 2.79 bits per heavy atom. The summed E-state index contributed by atoms with van der Waals surface area (Å²) < 4.78 is 13.4. The third-order valence-electron chi connectivity index (χ3n) is 1.96. The van der Waals surface area contributed by atoms with Crippen molar-refractivity contribution in [1.82, 2.24) is 0 Å². The molecule has 0 unspecified atom stereocenters.